The van der Waals surface area contributed by atoms with Gasteiger partial charge in [-0.05, 0) is 24.6 Å². The van der Waals surface area contributed by atoms with Crippen molar-refractivity contribution < 1.29 is 28.2 Å². The highest BCUT2D eigenvalue weighted by Gasteiger charge is 2.38. The number of rotatable bonds is 3. The molecule has 2 atom stereocenters. The van der Waals surface area contributed by atoms with Crippen molar-refractivity contribution in [2.75, 3.05) is 31.6 Å². The second-order valence-corrected chi connectivity index (χ2v) is 7.53. The Morgan fingerprint density at radius 1 is 1.39 bits per heavy atom. The van der Waals surface area contributed by atoms with Crippen molar-refractivity contribution in [2.45, 2.75) is 17.4 Å². The molecular weight excluding hydrogens is 324 g/mol. The fourth-order valence-electron chi connectivity index (χ4n) is 2.84. The Morgan fingerprint density at radius 3 is 2.87 bits per heavy atom. The maximum Gasteiger partial charge on any atom is 0.309 e. The number of piperidine rings is 1. The van der Waals surface area contributed by atoms with Gasteiger partial charge in [0.2, 0.25) is 10.0 Å². The van der Waals surface area contributed by atoms with Crippen LogP contribution >= 0.6 is 0 Å². The monoisotopic (exact) mass is 342 g/mol. The molecule has 2 aliphatic heterocycles. The number of fused-ring (bicyclic) bond motifs is 1. The van der Waals surface area contributed by atoms with Crippen LogP contribution in [0.25, 0.3) is 0 Å². The van der Waals surface area contributed by atoms with Gasteiger partial charge in [0.1, 0.15) is 12.4 Å². The van der Waals surface area contributed by atoms with Crippen LogP contribution in [-0.2, 0) is 14.8 Å². The lowest BCUT2D eigenvalue weighted by molar-refractivity contribution is -0.147. The number of aliphatic carboxylic acids is 1. The van der Waals surface area contributed by atoms with E-state index in [1.54, 1.807) is 6.07 Å². The molecule has 0 bridgehead atoms. The molecule has 0 saturated carbocycles. The van der Waals surface area contributed by atoms with Gasteiger partial charge in [-0.2, -0.15) is 4.31 Å². The van der Waals surface area contributed by atoms with E-state index in [1.165, 1.54) is 12.1 Å². The number of carboxylic acid groups (broad SMARTS) is 1. The number of nitrogens with zero attached hydrogens (tertiary/aromatic N) is 1. The number of carboxylic acids is 1. The summed E-state index contributed by atoms with van der Waals surface area (Å²) in [7, 11) is -3.79. The summed E-state index contributed by atoms with van der Waals surface area (Å²) in [5.74, 6) is -1.44. The SMILES string of the molecule is O=C(O)[C@H]1CCN(S(=O)(=O)c2ccc3c(c2)NCCO3)C[C@H]1O. The Balaban J connectivity index is 1.83. The van der Waals surface area contributed by atoms with E-state index in [-0.39, 0.29) is 24.4 Å². The van der Waals surface area contributed by atoms with Gasteiger partial charge in [-0.15, -0.1) is 0 Å². The van der Waals surface area contributed by atoms with E-state index in [4.69, 9.17) is 9.84 Å². The molecule has 1 aromatic rings. The summed E-state index contributed by atoms with van der Waals surface area (Å²) in [6.07, 6.45) is -1.13. The normalized spacial score (nSPS) is 25.1. The first-order valence-electron chi connectivity index (χ1n) is 7.31. The van der Waals surface area contributed by atoms with E-state index >= 15 is 0 Å². The smallest absolute Gasteiger partial charge is 0.309 e. The molecule has 2 aliphatic rings. The number of hydrogen-bond acceptors (Lipinski definition) is 6. The van der Waals surface area contributed by atoms with Gasteiger partial charge in [0.05, 0.1) is 22.6 Å². The number of aliphatic hydroxyl groups excluding tert-OH is 1. The number of carbonyl (C=O) groups is 1. The molecule has 23 heavy (non-hydrogen) atoms. The lowest BCUT2D eigenvalue weighted by Gasteiger charge is -2.33. The molecule has 0 radical (unpaired) electrons. The molecule has 0 unspecified atom stereocenters. The van der Waals surface area contributed by atoms with Crippen molar-refractivity contribution in [2.24, 2.45) is 5.92 Å². The van der Waals surface area contributed by atoms with Crippen molar-refractivity contribution in [3.05, 3.63) is 18.2 Å². The number of sulfonamides is 1. The Hall–Kier alpha value is -1.84. The van der Waals surface area contributed by atoms with Crippen LogP contribution in [-0.4, -0.2) is 61.3 Å². The number of anilines is 1. The van der Waals surface area contributed by atoms with Crippen molar-refractivity contribution in [3.8, 4) is 5.75 Å². The molecule has 3 N–H and O–H groups in total. The Morgan fingerprint density at radius 2 is 2.17 bits per heavy atom. The van der Waals surface area contributed by atoms with E-state index in [0.717, 1.165) is 4.31 Å². The first-order valence-corrected chi connectivity index (χ1v) is 8.75. The van der Waals surface area contributed by atoms with Crippen LogP contribution in [0.15, 0.2) is 23.1 Å². The van der Waals surface area contributed by atoms with Crippen molar-refractivity contribution >= 4 is 21.7 Å². The number of ether oxygens (including phenoxy) is 1. The zero-order valence-electron chi connectivity index (χ0n) is 12.3. The largest absolute Gasteiger partial charge is 0.490 e. The molecule has 0 aromatic heterocycles. The average molecular weight is 342 g/mol. The highest BCUT2D eigenvalue weighted by molar-refractivity contribution is 7.89. The predicted molar refractivity (Wildman–Crippen MR) is 80.9 cm³/mol. The Bertz CT molecular complexity index is 720. The molecular formula is C14H18N2O6S. The maximum absolute atomic E-state index is 12.7. The first kappa shape index (κ1) is 16.0. The summed E-state index contributed by atoms with van der Waals surface area (Å²) in [6, 6.07) is 4.55. The Kier molecular flexibility index (Phi) is 4.17. The second-order valence-electron chi connectivity index (χ2n) is 5.60. The minimum atomic E-state index is -3.79. The predicted octanol–water partition coefficient (Wildman–Crippen LogP) is -0.0530. The topological polar surface area (TPSA) is 116 Å². The summed E-state index contributed by atoms with van der Waals surface area (Å²) in [4.78, 5) is 11.1. The molecule has 126 valence electrons. The average Bonchev–Trinajstić information content (AvgIpc) is 2.53. The molecule has 1 fully saturated rings. The van der Waals surface area contributed by atoms with E-state index in [1.807, 2.05) is 0 Å². The van der Waals surface area contributed by atoms with Crippen molar-refractivity contribution in [1.29, 1.82) is 0 Å². The molecule has 1 saturated heterocycles. The quantitative estimate of drug-likeness (QED) is 0.705. The molecule has 3 rings (SSSR count). The summed E-state index contributed by atoms with van der Waals surface area (Å²) in [6.45, 7) is 0.963. The molecule has 0 aliphatic carbocycles. The van der Waals surface area contributed by atoms with Gasteiger partial charge in [-0.3, -0.25) is 4.79 Å². The summed E-state index contributed by atoms with van der Waals surface area (Å²) < 4.78 is 31.9. The van der Waals surface area contributed by atoms with Crippen LogP contribution in [0.2, 0.25) is 0 Å². The van der Waals surface area contributed by atoms with E-state index in [2.05, 4.69) is 5.32 Å². The standard InChI is InChI=1S/C14H18N2O6S/c17-12-8-16(5-3-10(12)14(18)19)23(20,21)9-1-2-13-11(7-9)15-4-6-22-13/h1-2,7,10,12,15,17H,3-6,8H2,(H,18,19)/t10-,12+/m0/s1. The van der Waals surface area contributed by atoms with Crippen molar-refractivity contribution in [3.63, 3.8) is 0 Å². The molecule has 9 heteroatoms. The molecule has 8 nitrogen and oxygen atoms in total. The van der Waals surface area contributed by atoms with Gasteiger partial charge >= 0.3 is 5.97 Å². The number of benzene rings is 1. The highest BCUT2D eigenvalue weighted by atomic mass is 32.2. The number of aliphatic hydroxyl groups is 1. The van der Waals surface area contributed by atoms with Crippen LogP contribution < -0.4 is 10.1 Å². The lowest BCUT2D eigenvalue weighted by Crippen LogP contribution is -2.48. The van der Waals surface area contributed by atoms with Gasteiger partial charge < -0.3 is 20.3 Å². The third-order valence-corrected chi connectivity index (χ3v) is 5.99. The van der Waals surface area contributed by atoms with E-state index < -0.39 is 28.0 Å². The van der Waals surface area contributed by atoms with Gasteiger partial charge in [0.15, 0.2) is 0 Å². The minimum absolute atomic E-state index is 0.0668. The number of β-amino-alcohol motifs (C(OH)–C–C–N with tert-alkyl or cyclic N) is 1. The van der Waals surface area contributed by atoms with Gasteiger partial charge in [0, 0.05) is 19.6 Å². The first-order chi connectivity index (χ1) is 10.9. The van der Waals surface area contributed by atoms with Crippen LogP contribution in [0.3, 0.4) is 0 Å². The molecule has 2 heterocycles. The molecule has 0 spiro atoms. The summed E-state index contributed by atoms with van der Waals surface area (Å²) in [5, 5.41) is 22.0. The molecule has 0 amide bonds. The van der Waals surface area contributed by atoms with E-state index in [9.17, 15) is 18.3 Å². The Labute approximate surface area is 133 Å². The van der Waals surface area contributed by atoms with Gasteiger partial charge in [0.25, 0.3) is 0 Å². The zero-order valence-corrected chi connectivity index (χ0v) is 13.1. The van der Waals surface area contributed by atoms with Crippen LogP contribution in [0.4, 0.5) is 5.69 Å². The van der Waals surface area contributed by atoms with E-state index in [0.29, 0.717) is 24.6 Å². The lowest BCUT2D eigenvalue weighted by atomic mass is 9.95. The van der Waals surface area contributed by atoms with Gasteiger partial charge in [-0.25, -0.2) is 8.42 Å². The third kappa shape index (κ3) is 2.99. The fraction of sp³-hybridized carbons (Fsp3) is 0.500. The highest BCUT2D eigenvalue weighted by Crippen LogP contribution is 2.32. The van der Waals surface area contributed by atoms with Crippen LogP contribution in [0, 0.1) is 5.92 Å². The second kappa shape index (κ2) is 5.99. The van der Waals surface area contributed by atoms with Crippen LogP contribution in [0.5, 0.6) is 5.75 Å². The third-order valence-electron chi connectivity index (χ3n) is 4.13. The van der Waals surface area contributed by atoms with Crippen LogP contribution in [0.1, 0.15) is 6.42 Å². The van der Waals surface area contributed by atoms with Gasteiger partial charge in [-0.1, -0.05) is 0 Å². The van der Waals surface area contributed by atoms with Crippen molar-refractivity contribution in [1.82, 2.24) is 4.31 Å². The fourth-order valence-corrected chi connectivity index (χ4v) is 4.34. The number of hydrogen-bond donors (Lipinski definition) is 3. The molecule has 1 aromatic carbocycles. The maximum atomic E-state index is 12.7. The minimum Gasteiger partial charge on any atom is -0.490 e. The summed E-state index contributed by atoms with van der Waals surface area (Å²) in [5.41, 5.74) is 0.610. The summed E-state index contributed by atoms with van der Waals surface area (Å²) >= 11 is 0. The number of nitrogens with one attached hydrogen (secondary N) is 1. The zero-order chi connectivity index (χ0) is 16.6.